The summed E-state index contributed by atoms with van der Waals surface area (Å²) >= 11 is 0. The first-order valence-electron chi connectivity index (χ1n) is 17.1. The van der Waals surface area contributed by atoms with E-state index in [-0.39, 0.29) is 12.5 Å². The van der Waals surface area contributed by atoms with Crippen molar-refractivity contribution in [3.63, 3.8) is 0 Å². The van der Waals surface area contributed by atoms with Crippen molar-refractivity contribution < 1.29 is 45.4 Å². The number of esters is 1. The number of para-hydroxylation sites is 1. The van der Waals surface area contributed by atoms with Crippen LogP contribution in [-0.4, -0.2) is 23.7 Å². The molecule has 2 aliphatic heterocycles. The van der Waals surface area contributed by atoms with E-state index in [1.54, 1.807) is 72.8 Å². The zero-order valence-electron chi connectivity index (χ0n) is 28.2. The van der Waals surface area contributed by atoms with E-state index in [9.17, 15) is 31.1 Å². The van der Waals surface area contributed by atoms with E-state index in [0.29, 0.717) is 40.2 Å². The van der Waals surface area contributed by atoms with Gasteiger partial charge in [-0.05, 0) is 59.0 Å². The van der Waals surface area contributed by atoms with Crippen LogP contribution in [-0.2, 0) is 43.6 Å². The summed E-state index contributed by atoms with van der Waals surface area (Å²) < 4.78 is 94.6. The zero-order chi connectivity index (χ0) is 37.9. The largest absolute Gasteiger partial charge is 0.461 e. The number of benzene rings is 5. The van der Waals surface area contributed by atoms with Gasteiger partial charge in [0, 0.05) is 5.92 Å². The number of amides is 1. The van der Waals surface area contributed by atoms with Gasteiger partial charge < -0.3 is 9.47 Å². The Morgan fingerprint density at radius 3 is 1.87 bits per heavy atom. The third-order valence-electron chi connectivity index (χ3n) is 10.5. The van der Waals surface area contributed by atoms with Gasteiger partial charge in [-0.2, -0.15) is 36.5 Å². The van der Waals surface area contributed by atoms with Gasteiger partial charge in [-0.3, -0.25) is 9.59 Å². The van der Waals surface area contributed by atoms with Crippen molar-refractivity contribution in [3.8, 4) is 0 Å². The normalized spacial score (nSPS) is 24.9. The van der Waals surface area contributed by atoms with Gasteiger partial charge in [0.05, 0.1) is 28.4 Å². The minimum Gasteiger partial charge on any atom is -0.461 e. The van der Waals surface area contributed by atoms with Gasteiger partial charge in [0.1, 0.15) is 23.7 Å². The SMILES string of the molecule is O=C(OCc1cc(C(F)(F)F)cc(C(F)(F)F)c1)[C@H]1C[C@@]2(C(=O)N(c3ccccc3)N=C2c2ccccc2)[C@@]2(c3ccccc3)O[C@H]2[C@@H]1c1ccccc1. The molecule has 1 saturated heterocycles. The minimum atomic E-state index is -5.08. The third kappa shape index (κ3) is 5.76. The number of anilines is 1. The number of halogens is 6. The molecule has 6 nitrogen and oxygen atoms in total. The van der Waals surface area contributed by atoms with Crippen LogP contribution >= 0.6 is 0 Å². The first-order chi connectivity index (χ1) is 25.8. The number of hydrazone groups is 1. The molecule has 12 heteroatoms. The molecule has 0 aromatic heterocycles. The molecule has 5 aromatic rings. The summed E-state index contributed by atoms with van der Waals surface area (Å²) in [4.78, 5) is 29.8. The number of alkyl halides is 6. The van der Waals surface area contributed by atoms with Crippen LogP contribution in [0.25, 0.3) is 0 Å². The summed E-state index contributed by atoms with van der Waals surface area (Å²) in [6, 6.07) is 37.1. The number of carbonyl (C=O) groups is 2. The smallest absolute Gasteiger partial charge is 0.416 e. The predicted molar refractivity (Wildman–Crippen MR) is 186 cm³/mol. The highest BCUT2D eigenvalue weighted by Crippen LogP contribution is 2.72. The average Bonchev–Trinajstić information content (AvgIpc) is 3.88. The van der Waals surface area contributed by atoms with E-state index in [1.807, 2.05) is 48.5 Å². The Bertz CT molecular complexity index is 2200. The van der Waals surface area contributed by atoms with Crippen LogP contribution < -0.4 is 5.01 Å². The van der Waals surface area contributed by atoms with Gasteiger partial charge >= 0.3 is 18.3 Å². The fraction of sp³-hybridized carbons (Fsp3) is 0.214. The fourth-order valence-corrected chi connectivity index (χ4v) is 8.17. The van der Waals surface area contributed by atoms with E-state index in [2.05, 4.69) is 0 Å². The first-order valence-corrected chi connectivity index (χ1v) is 17.1. The molecule has 1 amide bonds. The lowest BCUT2D eigenvalue weighted by Gasteiger charge is -2.43. The highest BCUT2D eigenvalue weighted by Gasteiger charge is 2.82. The van der Waals surface area contributed by atoms with Gasteiger partial charge in [0.25, 0.3) is 5.91 Å². The summed E-state index contributed by atoms with van der Waals surface area (Å²) in [7, 11) is 0. The molecule has 1 aliphatic carbocycles. The summed E-state index contributed by atoms with van der Waals surface area (Å²) in [5.41, 5.74) is -3.73. The number of fused-ring (bicyclic) bond motifs is 2. The molecule has 5 aromatic carbocycles. The molecular weight excluding hydrogens is 710 g/mol. The molecule has 5 atom stereocenters. The van der Waals surface area contributed by atoms with Crippen molar-refractivity contribution in [2.24, 2.45) is 16.4 Å². The molecular formula is C42H30F6N2O4. The van der Waals surface area contributed by atoms with Crippen LogP contribution in [0.5, 0.6) is 0 Å². The maximum Gasteiger partial charge on any atom is 0.416 e. The molecule has 2 fully saturated rings. The van der Waals surface area contributed by atoms with E-state index in [4.69, 9.17) is 14.6 Å². The van der Waals surface area contributed by atoms with Gasteiger partial charge in [0.15, 0.2) is 0 Å². The Hall–Kier alpha value is -5.75. The van der Waals surface area contributed by atoms with Crippen LogP contribution in [0.2, 0.25) is 0 Å². The number of epoxide rings is 1. The maximum atomic E-state index is 15.3. The monoisotopic (exact) mass is 740 g/mol. The van der Waals surface area contributed by atoms with Crippen molar-refractivity contribution >= 4 is 23.3 Å². The Morgan fingerprint density at radius 1 is 0.759 bits per heavy atom. The molecule has 3 aliphatic rings. The number of hydrogen-bond acceptors (Lipinski definition) is 5. The highest BCUT2D eigenvalue weighted by molar-refractivity contribution is 6.26. The second kappa shape index (κ2) is 13.0. The number of ether oxygens (including phenoxy) is 2. The summed E-state index contributed by atoms with van der Waals surface area (Å²) in [6.07, 6.45) is -11.2. The molecule has 0 bridgehead atoms. The molecule has 0 N–H and O–H groups in total. The first kappa shape index (κ1) is 35.3. The number of nitrogens with zero attached hydrogens (tertiary/aromatic N) is 2. The zero-order valence-corrected chi connectivity index (χ0v) is 28.2. The topological polar surface area (TPSA) is 71.5 Å². The number of carbonyl (C=O) groups excluding carboxylic acids is 2. The molecule has 1 saturated carbocycles. The molecule has 274 valence electrons. The van der Waals surface area contributed by atoms with E-state index in [0.717, 1.165) is 0 Å². The van der Waals surface area contributed by atoms with Crippen molar-refractivity contribution in [2.75, 3.05) is 5.01 Å². The predicted octanol–water partition coefficient (Wildman–Crippen LogP) is 9.30. The van der Waals surface area contributed by atoms with Crippen molar-refractivity contribution in [3.05, 3.63) is 173 Å². The lowest BCUT2D eigenvalue weighted by molar-refractivity contribution is -0.153. The van der Waals surface area contributed by atoms with Crippen molar-refractivity contribution in [1.29, 1.82) is 0 Å². The molecule has 8 rings (SSSR count). The molecule has 0 radical (unpaired) electrons. The Labute approximate surface area is 305 Å². The van der Waals surface area contributed by atoms with E-state index < -0.39 is 76.5 Å². The Morgan fingerprint density at radius 2 is 1.30 bits per heavy atom. The number of hydrogen-bond donors (Lipinski definition) is 0. The molecule has 54 heavy (non-hydrogen) atoms. The van der Waals surface area contributed by atoms with Crippen LogP contribution in [0.4, 0.5) is 32.0 Å². The average molecular weight is 741 g/mol. The Kier molecular flexibility index (Phi) is 8.48. The summed E-state index contributed by atoms with van der Waals surface area (Å²) in [5, 5.41) is 6.24. The maximum absolute atomic E-state index is 15.3. The van der Waals surface area contributed by atoms with Crippen molar-refractivity contribution in [2.45, 2.75) is 43.0 Å². The number of rotatable bonds is 7. The standard InChI is InChI=1S/C42H30F6N2O4/c43-41(44,45)30-21-26(22-31(23-30)42(46,47)48)25-53-37(51)33-24-39(35(28-15-7-2-8-16-28)49-50(38(39)52)32-19-11-4-12-20-32)40(29-17-9-3-10-18-29)36(54-40)34(33)27-13-5-1-6-14-27/h1-23,33-34,36H,24-25H2/t33-,34+,36-,39+,40-/m0/s1. The third-order valence-corrected chi connectivity index (χ3v) is 10.5. The minimum absolute atomic E-state index is 0.0177. The summed E-state index contributed by atoms with van der Waals surface area (Å²) in [6.45, 7) is -0.879. The van der Waals surface area contributed by atoms with E-state index in [1.165, 1.54) is 5.01 Å². The lowest BCUT2D eigenvalue weighted by atomic mass is 9.53. The van der Waals surface area contributed by atoms with Crippen molar-refractivity contribution in [1.82, 2.24) is 0 Å². The van der Waals surface area contributed by atoms with Gasteiger partial charge in [-0.25, -0.2) is 0 Å². The second-order valence-electron chi connectivity index (χ2n) is 13.6. The Balaban J connectivity index is 1.27. The van der Waals surface area contributed by atoms with Crippen LogP contribution in [0.15, 0.2) is 145 Å². The van der Waals surface area contributed by atoms with Crippen LogP contribution in [0.1, 0.15) is 45.7 Å². The molecule has 1 spiro atoms. The quantitative estimate of drug-likeness (QED) is 0.0948. The fourth-order valence-electron chi connectivity index (χ4n) is 8.17. The second-order valence-corrected chi connectivity index (χ2v) is 13.6. The van der Waals surface area contributed by atoms with Gasteiger partial charge in [-0.15, -0.1) is 0 Å². The van der Waals surface area contributed by atoms with Gasteiger partial charge in [-0.1, -0.05) is 109 Å². The van der Waals surface area contributed by atoms with Crippen LogP contribution in [0.3, 0.4) is 0 Å². The lowest BCUT2D eigenvalue weighted by Crippen LogP contribution is -2.57. The molecule has 2 heterocycles. The molecule has 0 unspecified atom stereocenters. The summed E-state index contributed by atoms with van der Waals surface area (Å²) in [5.74, 6) is -3.26. The van der Waals surface area contributed by atoms with E-state index >= 15 is 4.79 Å². The van der Waals surface area contributed by atoms with Gasteiger partial charge in [0.2, 0.25) is 0 Å². The highest BCUT2D eigenvalue weighted by atomic mass is 19.4. The van der Waals surface area contributed by atoms with Crippen LogP contribution in [0, 0.1) is 11.3 Å².